The second-order valence-corrected chi connectivity index (χ2v) is 6.43. The normalized spacial score (nSPS) is 11.6. The lowest BCUT2D eigenvalue weighted by Crippen LogP contribution is -2.30. The van der Waals surface area contributed by atoms with E-state index in [-0.39, 0.29) is 0 Å². The minimum Gasteiger partial charge on any atom is -0.423 e. The first-order valence-electron chi connectivity index (χ1n) is 8.36. The van der Waals surface area contributed by atoms with Crippen LogP contribution in [-0.4, -0.2) is 17.2 Å². The molecule has 0 aliphatic heterocycles. The smallest absolute Gasteiger partial charge is 0.423 e. The summed E-state index contributed by atoms with van der Waals surface area (Å²) >= 11 is 0. The zero-order chi connectivity index (χ0) is 17.0. The van der Waals surface area contributed by atoms with Gasteiger partial charge in [-0.15, -0.1) is 0 Å². The molecule has 5 aromatic carbocycles. The van der Waals surface area contributed by atoms with Crippen LogP contribution in [0.3, 0.4) is 0 Å². The average molecular weight is 322 g/mol. The largest absolute Gasteiger partial charge is 0.489 e. The van der Waals surface area contributed by atoms with E-state index in [0.717, 1.165) is 21.5 Å². The van der Waals surface area contributed by atoms with Gasteiger partial charge in [-0.3, -0.25) is 0 Å². The molecule has 0 fully saturated rings. The monoisotopic (exact) mass is 322 g/mol. The lowest BCUT2D eigenvalue weighted by Gasteiger charge is -2.16. The van der Waals surface area contributed by atoms with Crippen LogP contribution in [0.2, 0.25) is 0 Å². The van der Waals surface area contributed by atoms with E-state index < -0.39 is 7.12 Å². The molecule has 0 aliphatic rings. The van der Waals surface area contributed by atoms with Crippen molar-refractivity contribution in [2.24, 2.45) is 0 Å². The third kappa shape index (κ3) is 2.07. The third-order valence-corrected chi connectivity index (χ3v) is 5.06. The lowest BCUT2D eigenvalue weighted by atomic mass is 9.75. The van der Waals surface area contributed by atoms with Crippen molar-refractivity contribution >= 4 is 44.9 Å². The Morgan fingerprint density at radius 1 is 0.560 bits per heavy atom. The van der Waals surface area contributed by atoms with Gasteiger partial charge in [0.1, 0.15) is 0 Å². The Kier molecular flexibility index (Phi) is 3.08. The molecule has 2 nitrogen and oxygen atoms in total. The van der Waals surface area contributed by atoms with Crippen LogP contribution < -0.4 is 5.46 Å². The van der Waals surface area contributed by atoms with Crippen LogP contribution >= 0.6 is 0 Å². The van der Waals surface area contributed by atoms with Gasteiger partial charge >= 0.3 is 7.12 Å². The van der Waals surface area contributed by atoms with Crippen molar-refractivity contribution in [3.05, 3.63) is 78.9 Å². The van der Waals surface area contributed by atoms with E-state index >= 15 is 0 Å². The average Bonchev–Trinajstić information content (AvgIpc) is 2.66. The van der Waals surface area contributed by atoms with Gasteiger partial charge in [0.05, 0.1) is 0 Å². The maximum absolute atomic E-state index is 9.74. The topological polar surface area (TPSA) is 40.5 Å². The van der Waals surface area contributed by atoms with E-state index in [1.165, 1.54) is 21.9 Å². The van der Waals surface area contributed by atoms with E-state index in [2.05, 4.69) is 42.5 Å². The number of rotatable bonds is 2. The van der Waals surface area contributed by atoms with E-state index in [1.54, 1.807) is 6.07 Å². The summed E-state index contributed by atoms with van der Waals surface area (Å²) in [6.07, 6.45) is 0. The van der Waals surface area contributed by atoms with Gasteiger partial charge in [-0.05, 0) is 48.9 Å². The predicted octanol–water partition coefficient (Wildman–Crippen LogP) is 3.93. The Hall–Kier alpha value is -2.88. The van der Waals surface area contributed by atoms with Crippen LogP contribution in [0.5, 0.6) is 0 Å². The lowest BCUT2D eigenvalue weighted by molar-refractivity contribution is 0.426. The van der Waals surface area contributed by atoms with Crippen molar-refractivity contribution in [1.82, 2.24) is 0 Å². The zero-order valence-electron chi connectivity index (χ0n) is 13.5. The first kappa shape index (κ1) is 14.5. The molecule has 2 N–H and O–H groups in total. The summed E-state index contributed by atoms with van der Waals surface area (Å²) in [6.45, 7) is 0. The summed E-state index contributed by atoms with van der Waals surface area (Å²) in [6, 6.07) is 26.8. The molecule has 3 heteroatoms. The fraction of sp³-hybridized carbons (Fsp3) is 0. The van der Waals surface area contributed by atoms with Crippen LogP contribution in [0, 0.1) is 0 Å². The van der Waals surface area contributed by atoms with Gasteiger partial charge in [0.2, 0.25) is 0 Å². The molecule has 0 aliphatic carbocycles. The standard InChI is InChI=1S/C22H15BO2/c24-23(25)20-13-9-16-7-11-18-17(14-4-2-1-3-5-14)10-6-15-8-12-19(20)22(16)21(15)18/h1-13,24-25H. The fourth-order valence-corrected chi connectivity index (χ4v) is 3.92. The first-order valence-corrected chi connectivity index (χ1v) is 8.36. The van der Waals surface area contributed by atoms with Crippen molar-refractivity contribution in [2.75, 3.05) is 0 Å². The molecule has 0 amide bonds. The Balaban J connectivity index is 1.98. The molecule has 0 saturated heterocycles. The second kappa shape index (κ2) is 5.31. The quantitative estimate of drug-likeness (QED) is 0.382. The minimum absolute atomic E-state index is 0.548. The highest BCUT2D eigenvalue weighted by atomic mass is 16.4. The van der Waals surface area contributed by atoms with Gasteiger partial charge in [0.15, 0.2) is 0 Å². The molecular formula is C22H15BO2. The molecule has 118 valence electrons. The molecular weight excluding hydrogens is 307 g/mol. The minimum atomic E-state index is -1.47. The molecule has 0 atom stereocenters. The van der Waals surface area contributed by atoms with Crippen molar-refractivity contribution in [1.29, 1.82) is 0 Å². The predicted molar refractivity (Wildman–Crippen MR) is 105 cm³/mol. The molecule has 25 heavy (non-hydrogen) atoms. The van der Waals surface area contributed by atoms with Crippen molar-refractivity contribution in [3.8, 4) is 11.1 Å². The maximum atomic E-state index is 9.74. The third-order valence-electron chi connectivity index (χ3n) is 5.06. The van der Waals surface area contributed by atoms with Gasteiger partial charge in [-0.2, -0.15) is 0 Å². The molecule has 0 heterocycles. The molecule has 0 radical (unpaired) electrons. The highest BCUT2D eigenvalue weighted by Gasteiger charge is 2.18. The van der Waals surface area contributed by atoms with E-state index in [9.17, 15) is 10.0 Å². The summed E-state index contributed by atoms with van der Waals surface area (Å²) in [7, 11) is -1.47. The van der Waals surface area contributed by atoms with Crippen LogP contribution in [0.15, 0.2) is 78.9 Å². The molecule has 0 bridgehead atoms. The Morgan fingerprint density at radius 3 is 1.88 bits per heavy atom. The number of benzene rings is 5. The zero-order valence-corrected chi connectivity index (χ0v) is 13.5. The summed E-state index contributed by atoms with van der Waals surface area (Å²) in [5.74, 6) is 0. The van der Waals surface area contributed by atoms with Crippen molar-refractivity contribution in [2.45, 2.75) is 0 Å². The number of hydrogen-bond donors (Lipinski definition) is 2. The summed E-state index contributed by atoms with van der Waals surface area (Å²) in [5.41, 5.74) is 2.92. The Labute approximate surface area is 145 Å². The molecule has 0 aromatic heterocycles. The maximum Gasteiger partial charge on any atom is 0.489 e. The van der Waals surface area contributed by atoms with Crippen LogP contribution in [0.25, 0.3) is 43.4 Å². The molecule has 5 aromatic rings. The van der Waals surface area contributed by atoms with Gasteiger partial charge in [0, 0.05) is 0 Å². The van der Waals surface area contributed by atoms with Crippen LogP contribution in [-0.2, 0) is 0 Å². The van der Waals surface area contributed by atoms with Gasteiger partial charge in [-0.1, -0.05) is 78.9 Å². The molecule has 0 spiro atoms. The first-order chi connectivity index (χ1) is 12.2. The van der Waals surface area contributed by atoms with E-state index in [0.29, 0.717) is 5.46 Å². The molecule has 5 rings (SSSR count). The molecule has 0 saturated carbocycles. The fourth-order valence-electron chi connectivity index (χ4n) is 3.92. The summed E-state index contributed by atoms with van der Waals surface area (Å²) in [4.78, 5) is 0. The second-order valence-electron chi connectivity index (χ2n) is 6.43. The molecule has 0 unspecified atom stereocenters. The SMILES string of the molecule is OB(O)c1ccc2ccc3c(-c4ccccc4)ccc4ccc1c2c43. The number of hydrogen-bond acceptors (Lipinski definition) is 2. The summed E-state index contributed by atoms with van der Waals surface area (Å²) in [5, 5.41) is 26.1. The Bertz CT molecular complexity index is 1210. The van der Waals surface area contributed by atoms with Crippen LogP contribution in [0.4, 0.5) is 0 Å². The van der Waals surface area contributed by atoms with E-state index in [4.69, 9.17) is 0 Å². The van der Waals surface area contributed by atoms with Crippen molar-refractivity contribution < 1.29 is 10.0 Å². The van der Waals surface area contributed by atoms with Gasteiger partial charge in [0.25, 0.3) is 0 Å². The van der Waals surface area contributed by atoms with Crippen LogP contribution in [0.1, 0.15) is 0 Å². The summed E-state index contributed by atoms with van der Waals surface area (Å²) < 4.78 is 0. The highest BCUT2D eigenvalue weighted by molar-refractivity contribution is 6.62. The highest BCUT2D eigenvalue weighted by Crippen LogP contribution is 2.38. The van der Waals surface area contributed by atoms with Crippen molar-refractivity contribution in [3.63, 3.8) is 0 Å². The van der Waals surface area contributed by atoms with E-state index in [1.807, 2.05) is 30.3 Å². The van der Waals surface area contributed by atoms with Gasteiger partial charge < -0.3 is 10.0 Å². The van der Waals surface area contributed by atoms with Gasteiger partial charge in [-0.25, -0.2) is 0 Å². The Morgan fingerprint density at radius 2 is 1.16 bits per heavy atom.